The van der Waals surface area contributed by atoms with E-state index in [-0.39, 0.29) is 11.3 Å². The molecule has 0 spiro atoms. The first-order chi connectivity index (χ1) is 10.0. The highest BCUT2D eigenvalue weighted by Crippen LogP contribution is 2.38. The van der Waals surface area contributed by atoms with Crippen molar-refractivity contribution >= 4 is 19.1 Å². The fourth-order valence-electron chi connectivity index (χ4n) is 2.04. The normalized spacial score (nSPS) is 12.5. The number of nitro groups is 1. The van der Waals surface area contributed by atoms with Gasteiger partial charge < -0.3 is 0 Å². The lowest BCUT2D eigenvalue weighted by Crippen LogP contribution is -2.40. The monoisotopic (exact) mass is 330 g/mol. The molecule has 2 aromatic rings. The fourth-order valence-corrected chi connectivity index (χ4v) is 3.33. The summed E-state index contributed by atoms with van der Waals surface area (Å²) in [6, 6.07) is 2.66. The van der Waals surface area contributed by atoms with Crippen LogP contribution in [0, 0.1) is 10.1 Å². The van der Waals surface area contributed by atoms with Crippen molar-refractivity contribution < 1.29 is 18.1 Å². The van der Waals surface area contributed by atoms with E-state index in [1.54, 1.807) is 0 Å². The second-order valence-electron chi connectivity index (χ2n) is 5.77. The molecule has 0 unspecified atom stereocenters. The first-order valence-electron chi connectivity index (χ1n) is 6.29. The van der Waals surface area contributed by atoms with Gasteiger partial charge in [-0.2, -0.15) is 13.2 Å². The van der Waals surface area contributed by atoms with Crippen LogP contribution >= 0.6 is 0 Å². The topological polar surface area (TPSA) is 84.7 Å². The fraction of sp³-hybridized carbons (Fsp3) is 0.333. The number of alkyl halides is 3. The number of aromatic nitrogens is 3. The number of hydrogen-bond acceptors (Lipinski definition) is 4. The molecule has 2 rings (SSSR count). The number of non-ortho nitro benzene ring substituents is 1. The van der Waals surface area contributed by atoms with Crippen molar-refractivity contribution in [3.8, 4) is 11.3 Å². The predicted molar refractivity (Wildman–Crippen MR) is 76.5 cm³/mol. The Bertz CT molecular complexity index is 722. The van der Waals surface area contributed by atoms with Crippen LogP contribution in [0.15, 0.2) is 18.2 Å². The molecule has 22 heavy (non-hydrogen) atoms. The van der Waals surface area contributed by atoms with Crippen LogP contribution < -0.4 is 5.32 Å². The summed E-state index contributed by atoms with van der Waals surface area (Å²) in [7, 11) is -2.03. The van der Waals surface area contributed by atoms with E-state index in [1.165, 1.54) is 0 Å². The predicted octanol–water partition coefficient (Wildman–Crippen LogP) is 2.94. The van der Waals surface area contributed by atoms with E-state index in [9.17, 15) is 23.3 Å². The average Bonchev–Trinajstić information content (AvgIpc) is 2.85. The van der Waals surface area contributed by atoms with Crippen molar-refractivity contribution in [2.45, 2.75) is 25.8 Å². The van der Waals surface area contributed by atoms with Gasteiger partial charge in [0.2, 0.25) is 0 Å². The van der Waals surface area contributed by atoms with E-state index < -0.39 is 30.4 Å². The molecule has 1 N–H and O–H groups in total. The highest BCUT2D eigenvalue weighted by Gasteiger charge is 2.37. The van der Waals surface area contributed by atoms with Gasteiger partial charge in [0, 0.05) is 17.7 Å². The zero-order valence-electron chi connectivity index (χ0n) is 12.0. The van der Waals surface area contributed by atoms with Crippen LogP contribution in [0.25, 0.3) is 11.3 Å². The maximum absolute atomic E-state index is 13.2. The Labute approximate surface area is 124 Å². The van der Waals surface area contributed by atoms with Crippen LogP contribution in [0.3, 0.4) is 0 Å². The van der Waals surface area contributed by atoms with E-state index in [1.807, 2.05) is 19.6 Å². The summed E-state index contributed by atoms with van der Waals surface area (Å²) in [5, 5.41) is 21.2. The van der Waals surface area contributed by atoms with Crippen molar-refractivity contribution in [3.63, 3.8) is 0 Å². The molecule has 0 aliphatic carbocycles. The minimum Gasteiger partial charge on any atom is -0.258 e. The van der Waals surface area contributed by atoms with Gasteiger partial charge in [-0.25, -0.2) is 0 Å². The van der Waals surface area contributed by atoms with Crippen LogP contribution in [0.4, 0.5) is 18.9 Å². The average molecular weight is 330 g/mol. The summed E-state index contributed by atoms with van der Waals surface area (Å²) in [6.45, 7) is 5.77. The second kappa shape index (κ2) is 5.20. The molecule has 0 radical (unpaired) electrons. The van der Waals surface area contributed by atoms with Crippen molar-refractivity contribution in [1.82, 2.24) is 15.4 Å². The lowest BCUT2D eigenvalue weighted by molar-refractivity contribution is -0.385. The Kier molecular flexibility index (Phi) is 3.81. The lowest BCUT2D eigenvalue weighted by Gasteiger charge is -2.17. The summed E-state index contributed by atoms with van der Waals surface area (Å²) < 4.78 is 39.7. The number of rotatable bonds is 3. The molecule has 0 saturated carbocycles. The first kappa shape index (κ1) is 16.1. The number of aromatic amines is 1. The van der Waals surface area contributed by atoms with E-state index in [0.717, 1.165) is 12.1 Å². The van der Waals surface area contributed by atoms with Gasteiger partial charge in [0.05, 0.1) is 21.5 Å². The maximum Gasteiger partial charge on any atom is 0.417 e. The zero-order chi connectivity index (χ0) is 16.7. The molecule has 1 aromatic carbocycles. The Balaban J connectivity index is 2.71. The number of H-pyrrole nitrogens is 1. The zero-order valence-corrected chi connectivity index (χ0v) is 13.0. The largest absolute Gasteiger partial charge is 0.417 e. The van der Waals surface area contributed by atoms with Crippen molar-refractivity contribution in [2.75, 3.05) is 0 Å². The second-order valence-corrected chi connectivity index (χ2v) is 10.7. The van der Waals surface area contributed by atoms with Gasteiger partial charge in [-0.05, 0) is 6.07 Å². The van der Waals surface area contributed by atoms with Crippen LogP contribution in [0.2, 0.25) is 19.6 Å². The molecule has 0 fully saturated rings. The van der Waals surface area contributed by atoms with Crippen molar-refractivity contribution in [3.05, 3.63) is 33.9 Å². The number of nitrogens with one attached hydrogen (secondary N) is 1. The van der Waals surface area contributed by atoms with Crippen LogP contribution in [-0.4, -0.2) is 28.4 Å². The van der Waals surface area contributed by atoms with E-state index in [0.29, 0.717) is 11.4 Å². The molecule has 6 nitrogen and oxygen atoms in total. The molecule has 0 aliphatic heterocycles. The molecule has 1 aromatic heterocycles. The maximum atomic E-state index is 13.2. The SMILES string of the molecule is C[Si](C)(C)c1nn[nH]c1-c1ccc([N+](=O)[O-])cc1C(F)(F)F. The first-order valence-corrected chi connectivity index (χ1v) is 9.79. The van der Waals surface area contributed by atoms with Crippen LogP contribution in [0.1, 0.15) is 5.56 Å². The highest BCUT2D eigenvalue weighted by atomic mass is 28.3. The Hall–Kier alpha value is -2.23. The van der Waals surface area contributed by atoms with Gasteiger partial charge in [0.25, 0.3) is 5.69 Å². The summed E-state index contributed by atoms with van der Waals surface area (Å²) >= 11 is 0. The molecule has 0 bridgehead atoms. The van der Waals surface area contributed by atoms with Gasteiger partial charge in [-0.15, -0.1) is 5.10 Å². The molecule has 0 atom stereocenters. The molecule has 0 amide bonds. The van der Waals surface area contributed by atoms with E-state index in [4.69, 9.17) is 0 Å². The number of benzene rings is 1. The quantitative estimate of drug-likeness (QED) is 0.533. The molecule has 118 valence electrons. The molecule has 10 heteroatoms. The number of nitro benzene ring substituents is 1. The third-order valence-corrected chi connectivity index (χ3v) is 4.82. The Morgan fingerprint density at radius 2 is 1.91 bits per heavy atom. The van der Waals surface area contributed by atoms with Gasteiger partial charge in [-0.1, -0.05) is 24.9 Å². The minimum absolute atomic E-state index is 0.168. The molecular formula is C12H13F3N4O2Si. The summed E-state index contributed by atoms with van der Waals surface area (Å²) in [5.41, 5.74) is -1.70. The summed E-state index contributed by atoms with van der Waals surface area (Å²) in [5.74, 6) is 0. The number of nitrogens with zero attached hydrogens (tertiary/aromatic N) is 3. The molecule has 0 saturated heterocycles. The Morgan fingerprint density at radius 1 is 1.27 bits per heavy atom. The molecule has 1 heterocycles. The van der Waals surface area contributed by atoms with Crippen molar-refractivity contribution in [1.29, 1.82) is 0 Å². The molecular weight excluding hydrogens is 317 g/mol. The van der Waals surface area contributed by atoms with E-state index in [2.05, 4.69) is 15.4 Å². The van der Waals surface area contributed by atoms with Gasteiger partial charge in [0.1, 0.15) is 8.07 Å². The smallest absolute Gasteiger partial charge is 0.258 e. The standard InChI is InChI=1S/C12H13F3N4O2Si/c1-22(2,3)11-10(16-18-17-11)8-5-4-7(19(20)21)6-9(8)12(13,14)15/h4-6H,1-3H3,(H,16,17,18). The number of hydrogen-bond donors (Lipinski definition) is 1. The van der Waals surface area contributed by atoms with Crippen LogP contribution in [0.5, 0.6) is 0 Å². The minimum atomic E-state index is -4.72. The third-order valence-electron chi connectivity index (χ3n) is 3.05. The summed E-state index contributed by atoms with van der Waals surface area (Å²) in [6.07, 6.45) is -4.72. The van der Waals surface area contributed by atoms with Crippen LogP contribution in [-0.2, 0) is 6.18 Å². The van der Waals surface area contributed by atoms with Crippen molar-refractivity contribution in [2.24, 2.45) is 0 Å². The van der Waals surface area contributed by atoms with Gasteiger partial charge in [0.15, 0.2) is 0 Å². The highest BCUT2D eigenvalue weighted by molar-refractivity contribution is 6.89. The number of halogens is 3. The molecule has 0 aliphatic rings. The lowest BCUT2D eigenvalue weighted by atomic mass is 10.0. The third kappa shape index (κ3) is 3.01. The van der Waals surface area contributed by atoms with E-state index >= 15 is 0 Å². The Morgan fingerprint density at radius 3 is 2.41 bits per heavy atom. The van der Waals surface area contributed by atoms with Gasteiger partial charge in [-0.3, -0.25) is 15.2 Å². The van der Waals surface area contributed by atoms with Gasteiger partial charge >= 0.3 is 6.18 Å². The summed E-state index contributed by atoms with van der Waals surface area (Å²) in [4.78, 5) is 9.86.